The number of hydrogen-bond acceptors (Lipinski definition) is 5. The standard InChI is InChI=1S/C16H23N3O2/c1-11(6-4-8-17)19-13-10-14(20-2)12-7-5-9-18-15(12)16(13)21-3/h5,7,9-11,19H,4,6,8,17H2,1-3H3. The van der Waals surface area contributed by atoms with Gasteiger partial charge < -0.3 is 20.5 Å². The number of ether oxygens (including phenoxy) is 2. The molecule has 1 aromatic carbocycles. The van der Waals surface area contributed by atoms with E-state index in [-0.39, 0.29) is 0 Å². The molecule has 0 saturated carbocycles. The zero-order valence-electron chi connectivity index (χ0n) is 12.8. The summed E-state index contributed by atoms with van der Waals surface area (Å²) in [5.41, 5.74) is 7.26. The predicted molar refractivity (Wildman–Crippen MR) is 86.2 cm³/mol. The fourth-order valence-electron chi connectivity index (χ4n) is 2.43. The minimum Gasteiger partial charge on any atom is -0.496 e. The normalized spacial score (nSPS) is 12.2. The number of benzene rings is 1. The second-order valence-electron chi connectivity index (χ2n) is 5.04. The topological polar surface area (TPSA) is 69.4 Å². The van der Waals surface area contributed by atoms with E-state index in [2.05, 4.69) is 17.2 Å². The van der Waals surface area contributed by atoms with Gasteiger partial charge in [0.1, 0.15) is 11.3 Å². The zero-order valence-corrected chi connectivity index (χ0v) is 12.8. The fraction of sp³-hybridized carbons (Fsp3) is 0.438. The van der Waals surface area contributed by atoms with Gasteiger partial charge in [0.25, 0.3) is 0 Å². The van der Waals surface area contributed by atoms with Crippen LogP contribution in [0, 0.1) is 0 Å². The minimum atomic E-state index is 0.299. The van der Waals surface area contributed by atoms with Gasteiger partial charge in [0.2, 0.25) is 0 Å². The zero-order chi connectivity index (χ0) is 15.2. The Kier molecular flexibility index (Phi) is 5.22. The number of nitrogens with zero attached hydrogens (tertiary/aromatic N) is 1. The summed E-state index contributed by atoms with van der Waals surface area (Å²) in [7, 11) is 3.32. The molecule has 2 aromatic rings. The first-order chi connectivity index (χ1) is 10.2. The molecule has 1 atom stereocenters. The van der Waals surface area contributed by atoms with Crippen LogP contribution in [-0.2, 0) is 0 Å². The van der Waals surface area contributed by atoms with Crippen LogP contribution in [0.4, 0.5) is 5.69 Å². The Morgan fingerprint density at radius 2 is 2.14 bits per heavy atom. The van der Waals surface area contributed by atoms with Crippen molar-refractivity contribution in [1.82, 2.24) is 4.98 Å². The van der Waals surface area contributed by atoms with Crippen molar-refractivity contribution >= 4 is 16.6 Å². The van der Waals surface area contributed by atoms with Gasteiger partial charge >= 0.3 is 0 Å². The van der Waals surface area contributed by atoms with Gasteiger partial charge in [-0.05, 0) is 38.4 Å². The molecule has 0 spiro atoms. The van der Waals surface area contributed by atoms with Crippen LogP contribution in [0.1, 0.15) is 19.8 Å². The van der Waals surface area contributed by atoms with Crippen LogP contribution >= 0.6 is 0 Å². The summed E-state index contributed by atoms with van der Waals surface area (Å²) < 4.78 is 11.0. The molecule has 3 N–H and O–H groups in total. The first kappa shape index (κ1) is 15.4. The predicted octanol–water partition coefficient (Wildman–Crippen LogP) is 2.79. The van der Waals surface area contributed by atoms with Crippen LogP contribution in [0.2, 0.25) is 0 Å². The summed E-state index contributed by atoms with van der Waals surface area (Å²) in [6, 6.07) is 6.13. The Morgan fingerprint density at radius 1 is 1.33 bits per heavy atom. The second-order valence-corrected chi connectivity index (χ2v) is 5.04. The summed E-state index contributed by atoms with van der Waals surface area (Å²) in [6.07, 6.45) is 3.74. The lowest BCUT2D eigenvalue weighted by atomic mass is 10.1. The van der Waals surface area contributed by atoms with Crippen molar-refractivity contribution < 1.29 is 9.47 Å². The highest BCUT2D eigenvalue weighted by molar-refractivity contribution is 5.95. The monoisotopic (exact) mass is 289 g/mol. The number of hydrogen-bond donors (Lipinski definition) is 2. The highest BCUT2D eigenvalue weighted by Gasteiger charge is 2.15. The number of pyridine rings is 1. The van der Waals surface area contributed by atoms with Gasteiger partial charge in [0.15, 0.2) is 5.75 Å². The molecule has 5 nitrogen and oxygen atoms in total. The molecule has 0 aliphatic heterocycles. The molecule has 1 unspecified atom stereocenters. The van der Waals surface area contributed by atoms with Crippen molar-refractivity contribution in [3.63, 3.8) is 0 Å². The van der Waals surface area contributed by atoms with Crippen LogP contribution in [0.5, 0.6) is 11.5 Å². The second kappa shape index (κ2) is 7.13. The Hall–Kier alpha value is -2.01. The summed E-state index contributed by atoms with van der Waals surface area (Å²) in [6.45, 7) is 2.83. The first-order valence-electron chi connectivity index (χ1n) is 7.17. The largest absolute Gasteiger partial charge is 0.496 e. The maximum Gasteiger partial charge on any atom is 0.168 e. The maximum absolute atomic E-state index is 5.56. The fourth-order valence-corrected chi connectivity index (χ4v) is 2.43. The summed E-state index contributed by atoms with van der Waals surface area (Å²) >= 11 is 0. The third kappa shape index (κ3) is 3.36. The van der Waals surface area contributed by atoms with Gasteiger partial charge in [-0.1, -0.05) is 0 Å². The van der Waals surface area contributed by atoms with Crippen LogP contribution in [0.15, 0.2) is 24.4 Å². The van der Waals surface area contributed by atoms with E-state index in [1.54, 1.807) is 20.4 Å². The number of nitrogens with one attached hydrogen (secondary N) is 1. The van der Waals surface area contributed by atoms with Crippen LogP contribution < -0.4 is 20.5 Å². The highest BCUT2D eigenvalue weighted by atomic mass is 16.5. The van der Waals surface area contributed by atoms with Crippen LogP contribution in [0.3, 0.4) is 0 Å². The van der Waals surface area contributed by atoms with Crippen LogP contribution in [0.25, 0.3) is 10.9 Å². The molecule has 1 heterocycles. The maximum atomic E-state index is 5.56. The molecule has 0 saturated heterocycles. The van der Waals surface area contributed by atoms with Crippen molar-refractivity contribution in [2.75, 3.05) is 26.1 Å². The Labute approximate surface area is 125 Å². The van der Waals surface area contributed by atoms with E-state index in [1.807, 2.05) is 18.2 Å². The van der Waals surface area contributed by atoms with E-state index in [0.717, 1.165) is 40.9 Å². The molecule has 2 rings (SSSR count). The van der Waals surface area contributed by atoms with E-state index in [9.17, 15) is 0 Å². The molecular weight excluding hydrogens is 266 g/mol. The molecule has 0 radical (unpaired) electrons. The Morgan fingerprint density at radius 3 is 2.81 bits per heavy atom. The quantitative estimate of drug-likeness (QED) is 0.820. The van der Waals surface area contributed by atoms with Crippen molar-refractivity contribution in [1.29, 1.82) is 0 Å². The van der Waals surface area contributed by atoms with E-state index >= 15 is 0 Å². The molecule has 21 heavy (non-hydrogen) atoms. The number of anilines is 1. The van der Waals surface area contributed by atoms with Crippen molar-refractivity contribution in [3.05, 3.63) is 24.4 Å². The van der Waals surface area contributed by atoms with Gasteiger partial charge in [-0.25, -0.2) is 0 Å². The number of nitrogens with two attached hydrogens (primary N) is 1. The van der Waals surface area contributed by atoms with Gasteiger partial charge in [-0.15, -0.1) is 0 Å². The molecular formula is C16H23N3O2. The van der Waals surface area contributed by atoms with Crippen molar-refractivity contribution in [3.8, 4) is 11.5 Å². The summed E-state index contributed by atoms with van der Waals surface area (Å²) in [4.78, 5) is 4.43. The van der Waals surface area contributed by atoms with E-state index in [0.29, 0.717) is 12.6 Å². The average Bonchev–Trinajstić information content (AvgIpc) is 2.52. The lowest BCUT2D eigenvalue weighted by molar-refractivity contribution is 0.410. The summed E-state index contributed by atoms with van der Waals surface area (Å²) in [5.74, 6) is 1.53. The van der Waals surface area contributed by atoms with Crippen molar-refractivity contribution in [2.45, 2.75) is 25.8 Å². The van der Waals surface area contributed by atoms with Crippen LogP contribution in [-0.4, -0.2) is 31.8 Å². The third-order valence-electron chi connectivity index (χ3n) is 3.48. The van der Waals surface area contributed by atoms with Gasteiger partial charge in [0.05, 0.1) is 19.9 Å². The average molecular weight is 289 g/mol. The van der Waals surface area contributed by atoms with E-state index < -0.39 is 0 Å². The molecule has 0 bridgehead atoms. The van der Waals surface area contributed by atoms with Crippen molar-refractivity contribution in [2.24, 2.45) is 5.73 Å². The molecule has 0 fully saturated rings. The SMILES string of the molecule is COc1cc(NC(C)CCCN)c(OC)c2ncccc12. The smallest absolute Gasteiger partial charge is 0.168 e. The lowest BCUT2D eigenvalue weighted by Gasteiger charge is -2.19. The lowest BCUT2D eigenvalue weighted by Crippen LogP contribution is -2.17. The Bertz CT molecular complexity index is 601. The van der Waals surface area contributed by atoms with E-state index in [4.69, 9.17) is 15.2 Å². The third-order valence-corrected chi connectivity index (χ3v) is 3.48. The number of aromatic nitrogens is 1. The molecule has 5 heteroatoms. The van der Waals surface area contributed by atoms with Gasteiger partial charge in [-0.2, -0.15) is 0 Å². The highest BCUT2D eigenvalue weighted by Crippen LogP contribution is 2.39. The molecule has 114 valence electrons. The number of fused-ring (bicyclic) bond motifs is 1. The number of rotatable bonds is 7. The minimum absolute atomic E-state index is 0.299. The Balaban J connectivity index is 2.42. The molecule has 0 aliphatic rings. The summed E-state index contributed by atoms with van der Waals surface area (Å²) in [5, 5.41) is 4.40. The molecule has 0 aliphatic carbocycles. The first-order valence-corrected chi connectivity index (χ1v) is 7.17. The van der Waals surface area contributed by atoms with Gasteiger partial charge in [0, 0.05) is 23.7 Å². The van der Waals surface area contributed by atoms with Gasteiger partial charge in [-0.3, -0.25) is 4.98 Å². The number of methoxy groups -OCH3 is 2. The molecule has 1 aromatic heterocycles. The molecule has 0 amide bonds. The van der Waals surface area contributed by atoms with E-state index in [1.165, 1.54) is 0 Å².